The Hall–Kier alpha value is -2.50. The molecule has 1 unspecified atom stereocenters. The Labute approximate surface area is 123 Å². The van der Waals surface area contributed by atoms with Crippen LogP contribution in [0.3, 0.4) is 0 Å². The molecule has 0 aliphatic rings. The minimum Gasteiger partial charge on any atom is -0.493 e. The fraction of sp³-hybridized carbons (Fsp3) is 0.333. The second-order valence-corrected chi connectivity index (χ2v) is 4.40. The van der Waals surface area contributed by atoms with Gasteiger partial charge in [-0.3, -0.25) is 9.59 Å². The Morgan fingerprint density at radius 1 is 1.38 bits per heavy atom. The Morgan fingerprint density at radius 3 is 2.52 bits per heavy atom. The van der Waals surface area contributed by atoms with Gasteiger partial charge in [-0.15, -0.1) is 6.58 Å². The minimum atomic E-state index is -1.10. The number of allylic oxidation sites excluding steroid dienone is 1. The van der Waals surface area contributed by atoms with Crippen molar-refractivity contribution in [3.63, 3.8) is 0 Å². The number of hydrogen-bond acceptors (Lipinski definition) is 4. The number of carbonyl (C=O) groups is 2. The minimum absolute atomic E-state index is 0.303. The van der Waals surface area contributed by atoms with E-state index in [0.717, 1.165) is 5.56 Å². The largest absolute Gasteiger partial charge is 0.493 e. The molecule has 1 amide bonds. The zero-order chi connectivity index (χ0) is 16.0. The monoisotopic (exact) mass is 293 g/mol. The molecule has 1 atom stereocenters. The van der Waals surface area contributed by atoms with Crippen LogP contribution in [0.15, 0.2) is 24.8 Å². The van der Waals surface area contributed by atoms with E-state index < -0.39 is 17.9 Å². The molecule has 6 heteroatoms. The highest BCUT2D eigenvalue weighted by atomic mass is 16.5. The first-order valence-corrected chi connectivity index (χ1v) is 6.34. The Morgan fingerprint density at radius 2 is 2.05 bits per heavy atom. The lowest BCUT2D eigenvalue weighted by atomic mass is 10.0. The topological polar surface area (TPSA) is 84.9 Å². The molecule has 0 heterocycles. The lowest BCUT2D eigenvalue weighted by molar-refractivity contribution is -0.138. The number of rotatable bonds is 7. The van der Waals surface area contributed by atoms with E-state index in [4.69, 9.17) is 14.6 Å². The van der Waals surface area contributed by atoms with Crippen molar-refractivity contribution in [2.24, 2.45) is 0 Å². The van der Waals surface area contributed by atoms with E-state index in [1.807, 2.05) is 0 Å². The quantitative estimate of drug-likeness (QED) is 0.746. The Kier molecular flexibility index (Phi) is 5.78. The van der Waals surface area contributed by atoms with Crippen LogP contribution >= 0.6 is 0 Å². The zero-order valence-electron chi connectivity index (χ0n) is 12.3. The van der Waals surface area contributed by atoms with Gasteiger partial charge in [0.15, 0.2) is 11.5 Å². The van der Waals surface area contributed by atoms with Crippen LogP contribution in [0.4, 0.5) is 0 Å². The summed E-state index contributed by atoms with van der Waals surface area (Å²) in [6.07, 6.45) is 2.17. The first-order valence-electron chi connectivity index (χ1n) is 6.34. The molecule has 1 aromatic rings. The molecule has 0 aliphatic heterocycles. The van der Waals surface area contributed by atoms with Crippen molar-refractivity contribution in [2.75, 3.05) is 14.2 Å². The summed E-state index contributed by atoms with van der Waals surface area (Å²) in [5.41, 5.74) is 1.04. The fourth-order valence-corrected chi connectivity index (χ4v) is 1.82. The maximum absolute atomic E-state index is 12.1. The van der Waals surface area contributed by atoms with E-state index >= 15 is 0 Å². The summed E-state index contributed by atoms with van der Waals surface area (Å²) >= 11 is 0. The third-order valence-electron chi connectivity index (χ3n) is 2.90. The Balaban J connectivity index is 3.18. The van der Waals surface area contributed by atoms with Gasteiger partial charge >= 0.3 is 5.97 Å². The SMILES string of the molecule is C=CCc1cc(C(=O)NC(C)C(=O)O)cc(OC)c1OC. The van der Waals surface area contributed by atoms with E-state index in [1.165, 1.54) is 27.2 Å². The first kappa shape index (κ1) is 16.6. The number of carboxylic acid groups (broad SMARTS) is 1. The average molecular weight is 293 g/mol. The summed E-state index contributed by atoms with van der Waals surface area (Å²) < 4.78 is 10.5. The maximum atomic E-state index is 12.1. The zero-order valence-corrected chi connectivity index (χ0v) is 12.3. The van der Waals surface area contributed by atoms with Gasteiger partial charge in [0.1, 0.15) is 6.04 Å². The van der Waals surface area contributed by atoms with Crippen LogP contribution in [-0.4, -0.2) is 37.2 Å². The molecular formula is C15H19NO5. The normalized spacial score (nSPS) is 11.4. The number of benzene rings is 1. The summed E-state index contributed by atoms with van der Waals surface area (Å²) in [6.45, 7) is 5.05. The number of hydrogen-bond donors (Lipinski definition) is 2. The number of nitrogens with one attached hydrogen (secondary N) is 1. The average Bonchev–Trinajstić information content (AvgIpc) is 2.46. The highest BCUT2D eigenvalue weighted by Gasteiger charge is 2.19. The highest BCUT2D eigenvalue weighted by Crippen LogP contribution is 2.33. The highest BCUT2D eigenvalue weighted by molar-refractivity contribution is 5.97. The van der Waals surface area contributed by atoms with Gasteiger partial charge in [0.05, 0.1) is 14.2 Å². The van der Waals surface area contributed by atoms with Gasteiger partial charge in [-0.05, 0) is 25.5 Å². The van der Waals surface area contributed by atoms with Crippen LogP contribution in [0.1, 0.15) is 22.8 Å². The summed E-state index contributed by atoms with van der Waals surface area (Å²) in [4.78, 5) is 22.9. The van der Waals surface area contributed by atoms with Crippen LogP contribution in [0.25, 0.3) is 0 Å². The van der Waals surface area contributed by atoms with Gasteiger partial charge in [0.2, 0.25) is 0 Å². The molecule has 114 valence electrons. The van der Waals surface area contributed by atoms with Gasteiger partial charge in [-0.25, -0.2) is 0 Å². The van der Waals surface area contributed by atoms with Crippen molar-refractivity contribution in [1.82, 2.24) is 5.32 Å². The second kappa shape index (κ2) is 7.33. The molecule has 2 N–H and O–H groups in total. The first-order chi connectivity index (χ1) is 9.94. The van der Waals surface area contributed by atoms with Gasteiger partial charge in [-0.1, -0.05) is 6.08 Å². The van der Waals surface area contributed by atoms with Gasteiger partial charge in [0.25, 0.3) is 5.91 Å². The van der Waals surface area contributed by atoms with Crippen molar-refractivity contribution in [3.05, 3.63) is 35.9 Å². The van der Waals surface area contributed by atoms with Crippen molar-refractivity contribution >= 4 is 11.9 Å². The summed E-state index contributed by atoms with van der Waals surface area (Å²) in [7, 11) is 2.98. The van der Waals surface area contributed by atoms with Crippen molar-refractivity contribution < 1.29 is 24.2 Å². The van der Waals surface area contributed by atoms with Crippen LogP contribution in [0.2, 0.25) is 0 Å². The number of carboxylic acids is 1. The predicted molar refractivity (Wildman–Crippen MR) is 78.0 cm³/mol. The van der Waals surface area contributed by atoms with Crippen molar-refractivity contribution in [1.29, 1.82) is 0 Å². The second-order valence-electron chi connectivity index (χ2n) is 4.40. The standard InChI is InChI=1S/C15H19NO5/c1-5-6-10-7-11(8-12(20-3)13(10)21-4)14(17)16-9(2)15(18)19/h5,7-9H,1,6H2,2-4H3,(H,16,17)(H,18,19). The molecule has 0 bridgehead atoms. The maximum Gasteiger partial charge on any atom is 0.325 e. The number of ether oxygens (including phenoxy) is 2. The van der Waals surface area contributed by atoms with Crippen LogP contribution in [0.5, 0.6) is 11.5 Å². The molecule has 1 rings (SSSR count). The summed E-state index contributed by atoms with van der Waals surface area (Å²) in [5, 5.41) is 11.2. The third kappa shape index (κ3) is 3.98. The lowest BCUT2D eigenvalue weighted by Crippen LogP contribution is -2.38. The van der Waals surface area contributed by atoms with Crippen molar-refractivity contribution in [2.45, 2.75) is 19.4 Å². The molecular weight excluding hydrogens is 274 g/mol. The summed E-state index contributed by atoms with van der Waals surface area (Å²) in [5.74, 6) is -0.656. The molecule has 6 nitrogen and oxygen atoms in total. The summed E-state index contributed by atoms with van der Waals surface area (Å²) in [6, 6.07) is 2.16. The molecule has 0 saturated carbocycles. The molecule has 1 aromatic carbocycles. The van der Waals surface area contributed by atoms with E-state index in [0.29, 0.717) is 23.5 Å². The molecule has 0 fully saturated rings. The van der Waals surface area contributed by atoms with E-state index in [9.17, 15) is 9.59 Å². The molecule has 0 saturated heterocycles. The van der Waals surface area contributed by atoms with Gasteiger partial charge in [0, 0.05) is 11.1 Å². The van der Waals surface area contributed by atoms with Crippen LogP contribution in [0, 0.1) is 0 Å². The number of carbonyl (C=O) groups excluding carboxylic acids is 1. The fourth-order valence-electron chi connectivity index (χ4n) is 1.82. The molecule has 0 aliphatic carbocycles. The van der Waals surface area contributed by atoms with Crippen LogP contribution in [-0.2, 0) is 11.2 Å². The van der Waals surface area contributed by atoms with Gasteiger partial charge < -0.3 is 19.9 Å². The van der Waals surface area contributed by atoms with Gasteiger partial charge in [-0.2, -0.15) is 0 Å². The molecule has 0 radical (unpaired) electrons. The van der Waals surface area contributed by atoms with E-state index in [2.05, 4.69) is 11.9 Å². The number of methoxy groups -OCH3 is 2. The predicted octanol–water partition coefficient (Wildman–Crippen LogP) is 1.64. The van der Waals surface area contributed by atoms with E-state index in [1.54, 1.807) is 12.1 Å². The van der Waals surface area contributed by atoms with Crippen LogP contribution < -0.4 is 14.8 Å². The Bertz CT molecular complexity index is 553. The van der Waals surface area contributed by atoms with Crippen molar-refractivity contribution in [3.8, 4) is 11.5 Å². The number of amides is 1. The van der Waals surface area contributed by atoms with E-state index in [-0.39, 0.29) is 0 Å². The molecule has 0 aromatic heterocycles. The lowest BCUT2D eigenvalue weighted by Gasteiger charge is -2.15. The molecule has 21 heavy (non-hydrogen) atoms. The number of aliphatic carboxylic acids is 1. The third-order valence-corrected chi connectivity index (χ3v) is 2.90. The smallest absolute Gasteiger partial charge is 0.325 e. The molecule has 0 spiro atoms.